The Morgan fingerprint density at radius 2 is 1.96 bits per heavy atom. The molecule has 1 N–H and O–H groups in total. The number of hydrogen-bond donors (Lipinski definition) is 1. The fourth-order valence-electron chi connectivity index (χ4n) is 3.09. The Hall–Kier alpha value is -2.70. The van der Waals surface area contributed by atoms with Gasteiger partial charge in [-0.2, -0.15) is 0 Å². The molecule has 1 unspecified atom stereocenters. The van der Waals surface area contributed by atoms with Crippen molar-refractivity contribution in [2.45, 2.75) is 51.6 Å². The molecule has 5 nitrogen and oxygen atoms in total. The minimum absolute atomic E-state index is 0.00654. The second-order valence-corrected chi connectivity index (χ2v) is 7.57. The van der Waals surface area contributed by atoms with E-state index in [0.717, 1.165) is 11.1 Å². The fourth-order valence-corrected chi connectivity index (χ4v) is 3.09. The molecule has 1 atom stereocenters. The van der Waals surface area contributed by atoms with Crippen LogP contribution in [0.1, 0.15) is 44.7 Å². The maximum absolute atomic E-state index is 15.3. The Bertz CT molecular complexity index is 811. The lowest BCUT2D eigenvalue weighted by atomic mass is 9.72. The van der Waals surface area contributed by atoms with Gasteiger partial charge in [-0.05, 0) is 57.4 Å². The van der Waals surface area contributed by atoms with Crippen molar-refractivity contribution < 1.29 is 28.2 Å². The van der Waals surface area contributed by atoms with Gasteiger partial charge in [-0.3, -0.25) is 9.69 Å². The van der Waals surface area contributed by atoms with Crippen LogP contribution in [0, 0.1) is 12.7 Å². The zero-order chi connectivity index (χ0) is 20.4. The molecule has 1 aliphatic heterocycles. The van der Waals surface area contributed by atoms with E-state index in [1.54, 1.807) is 27.7 Å². The van der Waals surface area contributed by atoms with Crippen LogP contribution in [0.15, 0.2) is 42.5 Å². The molecule has 7 heteroatoms. The van der Waals surface area contributed by atoms with Gasteiger partial charge in [0.25, 0.3) is 0 Å². The number of rotatable bonds is 3. The molecule has 1 aliphatic rings. The van der Waals surface area contributed by atoms with Crippen LogP contribution in [0.5, 0.6) is 0 Å². The van der Waals surface area contributed by atoms with Crippen LogP contribution in [0.3, 0.4) is 0 Å². The Morgan fingerprint density at radius 1 is 1.30 bits per heavy atom. The number of amides is 1. The molecule has 2 rings (SSSR count). The molecule has 146 valence electrons. The number of ether oxygens (including phenoxy) is 1. The summed E-state index contributed by atoms with van der Waals surface area (Å²) in [5.41, 5.74) is -1.53. The Morgan fingerprint density at radius 3 is 2.52 bits per heavy atom. The highest BCUT2D eigenvalue weighted by Gasteiger charge is 2.41. The van der Waals surface area contributed by atoms with Gasteiger partial charge in [0.1, 0.15) is 17.2 Å². The van der Waals surface area contributed by atoms with Gasteiger partial charge in [0.2, 0.25) is 0 Å². The minimum atomic E-state index is -1.54. The molecular formula is C20H23F2NO4. The second kappa shape index (κ2) is 7.50. The van der Waals surface area contributed by atoms with E-state index in [1.807, 2.05) is 0 Å². The summed E-state index contributed by atoms with van der Waals surface area (Å²) in [7, 11) is 0. The van der Waals surface area contributed by atoms with Gasteiger partial charge < -0.3 is 9.84 Å². The SMILES string of the molecule is Cc1cc(F)ccc1C1(CC(=O)O)CC=CN(C(=O)OC(C)(C)C)C=C1F. The predicted molar refractivity (Wildman–Crippen MR) is 96.1 cm³/mol. The number of carbonyl (C=O) groups excluding carboxylic acids is 1. The first kappa shape index (κ1) is 20.6. The third kappa shape index (κ3) is 4.72. The maximum atomic E-state index is 15.3. The van der Waals surface area contributed by atoms with Crippen LogP contribution in [-0.2, 0) is 14.9 Å². The number of benzene rings is 1. The molecule has 0 saturated carbocycles. The normalized spacial score (nSPS) is 20.1. The van der Waals surface area contributed by atoms with Crippen molar-refractivity contribution in [3.05, 3.63) is 59.4 Å². The summed E-state index contributed by atoms with van der Waals surface area (Å²) in [5, 5.41) is 9.38. The number of hydrogen-bond acceptors (Lipinski definition) is 3. The molecular weight excluding hydrogens is 356 g/mol. The van der Waals surface area contributed by atoms with Crippen molar-refractivity contribution in [2.75, 3.05) is 0 Å². The van der Waals surface area contributed by atoms with E-state index in [0.29, 0.717) is 11.1 Å². The number of halogens is 2. The van der Waals surface area contributed by atoms with Crippen molar-refractivity contribution in [1.82, 2.24) is 4.90 Å². The lowest BCUT2D eigenvalue weighted by Gasteiger charge is -2.31. The Balaban J connectivity index is 2.53. The van der Waals surface area contributed by atoms with E-state index < -0.39 is 41.1 Å². The van der Waals surface area contributed by atoms with Crippen molar-refractivity contribution in [3.8, 4) is 0 Å². The molecule has 1 heterocycles. The first-order valence-electron chi connectivity index (χ1n) is 8.49. The molecule has 0 radical (unpaired) electrons. The van der Waals surface area contributed by atoms with E-state index in [2.05, 4.69) is 0 Å². The van der Waals surface area contributed by atoms with Gasteiger partial charge in [-0.1, -0.05) is 12.1 Å². The number of aliphatic carboxylic acids is 1. The largest absolute Gasteiger partial charge is 0.481 e. The number of carbonyl (C=O) groups is 2. The highest BCUT2D eigenvalue weighted by molar-refractivity contribution is 5.73. The number of nitrogens with zero attached hydrogens (tertiary/aromatic N) is 1. The molecule has 0 aromatic heterocycles. The van der Waals surface area contributed by atoms with Gasteiger partial charge in [0.05, 0.1) is 11.8 Å². The first-order chi connectivity index (χ1) is 12.4. The average molecular weight is 379 g/mol. The van der Waals surface area contributed by atoms with Crippen LogP contribution in [-0.4, -0.2) is 27.7 Å². The molecule has 0 spiro atoms. The molecule has 1 aromatic carbocycles. The summed E-state index contributed by atoms with van der Waals surface area (Å²) in [6.07, 6.45) is 2.45. The summed E-state index contributed by atoms with van der Waals surface area (Å²) >= 11 is 0. The topological polar surface area (TPSA) is 66.8 Å². The molecule has 0 bridgehead atoms. The van der Waals surface area contributed by atoms with E-state index in [4.69, 9.17) is 4.74 Å². The maximum Gasteiger partial charge on any atom is 0.418 e. The van der Waals surface area contributed by atoms with Crippen molar-refractivity contribution in [2.24, 2.45) is 0 Å². The number of carboxylic acid groups (broad SMARTS) is 1. The zero-order valence-electron chi connectivity index (χ0n) is 15.8. The van der Waals surface area contributed by atoms with Crippen LogP contribution >= 0.6 is 0 Å². The van der Waals surface area contributed by atoms with Crippen LogP contribution in [0.25, 0.3) is 0 Å². The summed E-state index contributed by atoms with van der Waals surface area (Å²) in [6.45, 7) is 6.64. The zero-order valence-corrected chi connectivity index (χ0v) is 15.8. The van der Waals surface area contributed by atoms with E-state index >= 15 is 4.39 Å². The molecule has 1 amide bonds. The summed E-state index contributed by atoms with van der Waals surface area (Å²) in [4.78, 5) is 24.7. The highest BCUT2D eigenvalue weighted by atomic mass is 19.1. The Kier molecular flexibility index (Phi) is 5.73. The highest BCUT2D eigenvalue weighted by Crippen LogP contribution is 2.43. The summed E-state index contributed by atoms with van der Waals surface area (Å²) in [6, 6.07) is 3.78. The molecule has 0 fully saturated rings. The minimum Gasteiger partial charge on any atom is -0.481 e. The second-order valence-electron chi connectivity index (χ2n) is 7.57. The van der Waals surface area contributed by atoms with E-state index in [-0.39, 0.29) is 6.42 Å². The fraction of sp³-hybridized carbons (Fsp3) is 0.400. The summed E-state index contributed by atoms with van der Waals surface area (Å²) < 4.78 is 34.1. The van der Waals surface area contributed by atoms with E-state index in [9.17, 15) is 19.1 Å². The van der Waals surface area contributed by atoms with Crippen LogP contribution in [0.2, 0.25) is 0 Å². The standard InChI is InChI=1S/C20H23F2NO4/c1-13-10-14(21)6-7-15(13)20(11-17(24)25)8-5-9-23(12-16(20)22)18(26)27-19(2,3)4/h5-7,9-10,12H,8,11H2,1-4H3,(H,24,25). The average Bonchev–Trinajstić information content (AvgIpc) is 2.65. The van der Waals surface area contributed by atoms with Gasteiger partial charge in [-0.25, -0.2) is 13.6 Å². The van der Waals surface area contributed by atoms with E-state index in [1.165, 1.54) is 30.5 Å². The molecule has 27 heavy (non-hydrogen) atoms. The van der Waals surface area contributed by atoms with Gasteiger partial charge in [-0.15, -0.1) is 0 Å². The molecule has 0 saturated heterocycles. The van der Waals surface area contributed by atoms with Crippen LogP contribution in [0.4, 0.5) is 13.6 Å². The molecule has 1 aromatic rings. The molecule has 0 aliphatic carbocycles. The number of carboxylic acids is 1. The number of aryl methyl sites for hydroxylation is 1. The predicted octanol–water partition coefficient (Wildman–Crippen LogP) is 4.81. The Labute approximate surface area is 156 Å². The number of allylic oxidation sites excluding steroid dienone is 2. The lowest BCUT2D eigenvalue weighted by molar-refractivity contribution is -0.138. The monoisotopic (exact) mass is 379 g/mol. The first-order valence-corrected chi connectivity index (χ1v) is 8.49. The third-order valence-electron chi connectivity index (χ3n) is 4.20. The lowest BCUT2D eigenvalue weighted by Crippen LogP contribution is -2.33. The van der Waals surface area contributed by atoms with Crippen molar-refractivity contribution >= 4 is 12.1 Å². The quantitative estimate of drug-likeness (QED) is 0.818. The third-order valence-corrected chi connectivity index (χ3v) is 4.20. The smallest absolute Gasteiger partial charge is 0.418 e. The van der Waals surface area contributed by atoms with Gasteiger partial charge in [0, 0.05) is 12.4 Å². The van der Waals surface area contributed by atoms with Crippen molar-refractivity contribution in [3.63, 3.8) is 0 Å². The van der Waals surface area contributed by atoms with Gasteiger partial charge >= 0.3 is 12.1 Å². The van der Waals surface area contributed by atoms with Crippen LogP contribution < -0.4 is 0 Å². The summed E-state index contributed by atoms with van der Waals surface area (Å²) in [5.74, 6) is -2.51. The van der Waals surface area contributed by atoms with Crippen molar-refractivity contribution in [1.29, 1.82) is 0 Å². The van der Waals surface area contributed by atoms with Gasteiger partial charge in [0.15, 0.2) is 0 Å².